The summed E-state index contributed by atoms with van der Waals surface area (Å²) in [5.74, 6) is 0.761. The molecule has 0 aromatic heterocycles. The number of hydrogen-bond donors (Lipinski definition) is 1. The first-order valence-electron chi connectivity index (χ1n) is 5.42. The number of rotatable bonds is 3. The number of nitrogens with two attached hydrogens (primary N) is 1. The van der Waals surface area contributed by atoms with E-state index in [1.807, 2.05) is 12.1 Å². The molecule has 0 heterocycles. The fraction of sp³-hybridized carbons (Fsp3) is 0.538. The smallest absolute Gasteiger partial charge is 0.120 e. The van der Waals surface area contributed by atoms with E-state index < -0.39 is 0 Å². The molecular weight excluding hydrogens is 222 g/mol. The van der Waals surface area contributed by atoms with E-state index in [9.17, 15) is 0 Å². The van der Waals surface area contributed by atoms with Gasteiger partial charge in [-0.15, -0.1) is 0 Å². The zero-order valence-corrected chi connectivity index (χ0v) is 11.1. The molecule has 0 fully saturated rings. The number of benzene rings is 1. The maximum Gasteiger partial charge on any atom is 0.120 e. The van der Waals surface area contributed by atoms with Crippen molar-refractivity contribution in [3.05, 3.63) is 28.8 Å². The van der Waals surface area contributed by atoms with Crippen LogP contribution in [0.4, 0.5) is 0 Å². The Kier molecular flexibility index (Phi) is 4.22. The molecule has 0 bridgehead atoms. The van der Waals surface area contributed by atoms with E-state index in [1.165, 1.54) is 0 Å². The third kappa shape index (κ3) is 3.69. The quantitative estimate of drug-likeness (QED) is 0.874. The summed E-state index contributed by atoms with van der Waals surface area (Å²) in [4.78, 5) is 0. The van der Waals surface area contributed by atoms with Crippen LogP contribution >= 0.6 is 11.6 Å². The van der Waals surface area contributed by atoms with E-state index in [0.29, 0.717) is 5.02 Å². The molecule has 2 nitrogen and oxygen atoms in total. The molecule has 1 aromatic rings. The summed E-state index contributed by atoms with van der Waals surface area (Å²) >= 11 is 6.17. The minimum Gasteiger partial charge on any atom is -0.497 e. The molecule has 0 aliphatic carbocycles. The number of methoxy groups -OCH3 is 1. The van der Waals surface area contributed by atoms with Gasteiger partial charge in [-0.25, -0.2) is 0 Å². The van der Waals surface area contributed by atoms with E-state index >= 15 is 0 Å². The van der Waals surface area contributed by atoms with Gasteiger partial charge in [0.15, 0.2) is 0 Å². The lowest BCUT2D eigenvalue weighted by Gasteiger charge is -2.24. The summed E-state index contributed by atoms with van der Waals surface area (Å²) in [5, 5.41) is 0.677. The molecule has 90 valence electrons. The summed E-state index contributed by atoms with van der Waals surface area (Å²) in [6.07, 6.45) is 0.902. The van der Waals surface area contributed by atoms with E-state index in [4.69, 9.17) is 22.1 Å². The van der Waals surface area contributed by atoms with Crippen LogP contribution in [0.3, 0.4) is 0 Å². The highest BCUT2D eigenvalue weighted by atomic mass is 35.5. The number of halogens is 1. The monoisotopic (exact) mass is 241 g/mol. The zero-order chi connectivity index (χ0) is 12.3. The van der Waals surface area contributed by atoms with Gasteiger partial charge in [-0.3, -0.25) is 0 Å². The summed E-state index contributed by atoms with van der Waals surface area (Å²) in [6.45, 7) is 6.51. The van der Waals surface area contributed by atoms with Crippen LogP contribution in [0.25, 0.3) is 0 Å². The first-order valence-corrected chi connectivity index (χ1v) is 5.80. The van der Waals surface area contributed by atoms with Gasteiger partial charge in [0.2, 0.25) is 0 Å². The van der Waals surface area contributed by atoms with Gasteiger partial charge in [0.05, 0.1) is 7.11 Å². The van der Waals surface area contributed by atoms with E-state index in [1.54, 1.807) is 13.2 Å². The Labute approximate surface area is 103 Å². The molecule has 0 radical (unpaired) electrons. The van der Waals surface area contributed by atoms with Crippen LogP contribution in [-0.2, 0) is 0 Å². The second-order valence-corrected chi connectivity index (χ2v) is 5.67. The fourth-order valence-corrected chi connectivity index (χ4v) is 2.02. The van der Waals surface area contributed by atoms with Crippen LogP contribution in [-0.4, -0.2) is 7.11 Å². The SMILES string of the molecule is COc1ccc(C(N)CC(C)(C)C)c(Cl)c1. The Morgan fingerprint density at radius 1 is 1.38 bits per heavy atom. The first-order chi connectivity index (χ1) is 7.33. The fourth-order valence-electron chi connectivity index (χ4n) is 1.71. The molecule has 1 aromatic carbocycles. The Balaban J connectivity index is 2.88. The second kappa shape index (κ2) is 5.07. The molecule has 0 amide bonds. The molecule has 1 atom stereocenters. The summed E-state index contributed by atoms with van der Waals surface area (Å²) in [7, 11) is 1.63. The average Bonchev–Trinajstić information content (AvgIpc) is 2.14. The maximum atomic E-state index is 6.17. The van der Waals surface area contributed by atoms with Gasteiger partial charge in [-0.2, -0.15) is 0 Å². The third-order valence-corrected chi connectivity index (χ3v) is 2.77. The highest BCUT2D eigenvalue weighted by molar-refractivity contribution is 6.31. The van der Waals surface area contributed by atoms with Crippen LogP contribution in [0.15, 0.2) is 18.2 Å². The normalized spacial score (nSPS) is 13.6. The van der Waals surface area contributed by atoms with Crippen molar-refractivity contribution < 1.29 is 4.74 Å². The van der Waals surface area contributed by atoms with Crippen molar-refractivity contribution in [2.75, 3.05) is 7.11 Å². The summed E-state index contributed by atoms with van der Waals surface area (Å²) in [6, 6.07) is 5.61. The van der Waals surface area contributed by atoms with E-state index in [0.717, 1.165) is 17.7 Å². The van der Waals surface area contributed by atoms with Crippen molar-refractivity contribution >= 4 is 11.6 Å². The van der Waals surface area contributed by atoms with Gasteiger partial charge in [-0.1, -0.05) is 38.4 Å². The largest absolute Gasteiger partial charge is 0.497 e. The van der Waals surface area contributed by atoms with E-state index in [2.05, 4.69) is 20.8 Å². The predicted octanol–water partition coefficient (Wildman–Crippen LogP) is 3.78. The molecule has 2 N–H and O–H groups in total. The summed E-state index contributed by atoms with van der Waals surface area (Å²) < 4.78 is 5.11. The van der Waals surface area contributed by atoms with Crippen molar-refractivity contribution in [1.29, 1.82) is 0 Å². The van der Waals surface area contributed by atoms with Gasteiger partial charge in [0.25, 0.3) is 0 Å². The molecule has 0 aliphatic rings. The lowest BCUT2D eigenvalue weighted by Crippen LogP contribution is -2.19. The van der Waals surface area contributed by atoms with Crippen LogP contribution in [0, 0.1) is 5.41 Å². The lowest BCUT2D eigenvalue weighted by atomic mass is 9.86. The zero-order valence-electron chi connectivity index (χ0n) is 10.4. The second-order valence-electron chi connectivity index (χ2n) is 5.26. The highest BCUT2D eigenvalue weighted by Crippen LogP contribution is 2.32. The van der Waals surface area contributed by atoms with Gasteiger partial charge in [0.1, 0.15) is 5.75 Å². The highest BCUT2D eigenvalue weighted by Gasteiger charge is 2.19. The molecule has 0 saturated carbocycles. The van der Waals surface area contributed by atoms with Gasteiger partial charge >= 0.3 is 0 Å². The molecule has 3 heteroatoms. The van der Waals surface area contributed by atoms with E-state index in [-0.39, 0.29) is 11.5 Å². The van der Waals surface area contributed by atoms with Crippen LogP contribution in [0.2, 0.25) is 5.02 Å². The summed E-state index contributed by atoms with van der Waals surface area (Å²) in [5.41, 5.74) is 7.33. The van der Waals surface area contributed by atoms with Crippen LogP contribution in [0.1, 0.15) is 38.8 Å². The van der Waals surface area contributed by atoms with Crippen molar-refractivity contribution in [3.63, 3.8) is 0 Å². The predicted molar refractivity (Wildman–Crippen MR) is 69.0 cm³/mol. The standard InChI is InChI=1S/C13H20ClNO/c1-13(2,3)8-12(15)10-6-5-9(16-4)7-11(10)14/h5-7,12H,8,15H2,1-4H3. The number of ether oxygens (including phenoxy) is 1. The van der Waals surface area contributed by atoms with Crippen molar-refractivity contribution in [2.24, 2.45) is 11.1 Å². The lowest BCUT2D eigenvalue weighted by molar-refractivity contribution is 0.342. The molecule has 1 unspecified atom stereocenters. The molecule has 16 heavy (non-hydrogen) atoms. The van der Waals surface area contributed by atoms with Crippen molar-refractivity contribution in [3.8, 4) is 5.75 Å². The molecule has 0 saturated heterocycles. The van der Waals surface area contributed by atoms with Crippen LogP contribution in [0.5, 0.6) is 5.75 Å². The molecule has 0 aliphatic heterocycles. The maximum absolute atomic E-state index is 6.17. The Morgan fingerprint density at radius 2 is 2.00 bits per heavy atom. The topological polar surface area (TPSA) is 35.2 Å². The molecule has 0 spiro atoms. The minimum atomic E-state index is -0.0293. The van der Waals surface area contributed by atoms with Crippen LogP contribution < -0.4 is 10.5 Å². The molecule has 1 rings (SSSR count). The first kappa shape index (κ1) is 13.3. The Bertz CT molecular complexity index is 357. The van der Waals surface area contributed by atoms with Gasteiger partial charge < -0.3 is 10.5 Å². The van der Waals surface area contributed by atoms with Gasteiger partial charge in [-0.05, 0) is 29.5 Å². The average molecular weight is 242 g/mol. The van der Waals surface area contributed by atoms with Crippen molar-refractivity contribution in [1.82, 2.24) is 0 Å². The van der Waals surface area contributed by atoms with Crippen molar-refractivity contribution in [2.45, 2.75) is 33.2 Å². The Hall–Kier alpha value is -0.730. The Morgan fingerprint density at radius 3 is 2.44 bits per heavy atom. The third-order valence-electron chi connectivity index (χ3n) is 2.44. The van der Waals surface area contributed by atoms with Gasteiger partial charge in [0, 0.05) is 11.1 Å². The minimum absolute atomic E-state index is 0.0293. The molecular formula is C13H20ClNO. The number of hydrogen-bond acceptors (Lipinski definition) is 2.